The van der Waals surface area contributed by atoms with Gasteiger partial charge in [0.15, 0.2) is 0 Å². The number of carbonyl (C=O) groups is 1. The van der Waals surface area contributed by atoms with Gasteiger partial charge in [0.25, 0.3) is 0 Å². The van der Waals surface area contributed by atoms with E-state index in [4.69, 9.17) is 0 Å². The van der Waals surface area contributed by atoms with E-state index in [1.807, 2.05) is 79.7 Å². The lowest BCUT2D eigenvalue weighted by Gasteiger charge is -2.29. The molecule has 32 heavy (non-hydrogen) atoms. The van der Waals surface area contributed by atoms with Crippen molar-refractivity contribution in [3.05, 3.63) is 58.7 Å². The second-order valence-electron chi connectivity index (χ2n) is 9.37. The average molecular weight is 461 g/mol. The molecule has 7 heteroatoms. The van der Waals surface area contributed by atoms with Gasteiger partial charge in [0.05, 0.1) is 11.4 Å². The van der Waals surface area contributed by atoms with Crippen LogP contribution in [0, 0.1) is 0 Å². The number of para-hydroxylation sites is 2. The predicted molar refractivity (Wildman–Crippen MR) is 132 cm³/mol. The van der Waals surface area contributed by atoms with Gasteiger partial charge in [-0.2, -0.15) is 12.7 Å². The molecule has 6 nitrogen and oxygen atoms in total. The van der Waals surface area contributed by atoms with Crippen LogP contribution >= 0.6 is 0 Å². The highest BCUT2D eigenvalue weighted by Crippen LogP contribution is 2.39. The maximum absolute atomic E-state index is 13.7. The summed E-state index contributed by atoms with van der Waals surface area (Å²) in [5, 5.41) is 10.1. The molecule has 0 aliphatic rings. The predicted octanol–water partition coefficient (Wildman–Crippen LogP) is 7.02. The second-order valence-corrected chi connectivity index (χ2v) is 10.9. The first-order chi connectivity index (χ1) is 14.8. The standard InChI is InChI=1S/C25H36N2O4S/c1-15(2)19-11-9-12-20(16(3)4)23(19)26-32(30,31)27(25(28)29)24-21(17(5)6)13-10-14-22(24)18(7)8/h9-18,26H,1-8H3,(H,28,29). The molecular weight excluding hydrogens is 424 g/mol. The first-order valence-corrected chi connectivity index (χ1v) is 12.5. The van der Waals surface area contributed by atoms with Gasteiger partial charge >= 0.3 is 16.3 Å². The third kappa shape index (κ3) is 5.26. The van der Waals surface area contributed by atoms with Crippen molar-refractivity contribution in [3.63, 3.8) is 0 Å². The lowest BCUT2D eigenvalue weighted by atomic mass is 9.93. The number of hydrogen-bond acceptors (Lipinski definition) is 3. The van der Waals surface area contributed by atoms with Crippen molar-refractivity contribution in [1.29, 1.82) is 0 Å². The lowest BCUT2D eigenvalue weighted by molar-refractivity contribution is 0.206. The van der Waals surface area contributed by atoms with Gasteiger partial charge in [-0.05, 0) is 45.9 Å². The zero-order valence-corrected chi connectivity index (χ0v) is 21.1. The summed E-state index contributed by atoms with van der Waals surface area (Å²) in [6, 6.07) is 11.1. The molecular formula is C25H36N2O4S. The molecule has 176 valence electrons. The Bertz CT molecular complexity index is 1020. The summed E-state index contributed by atoms with van der Waals surface area (Å²) in [5.74, 6) is -0.0115. The molecule has 0 saturated heterocycles. The fourth-order valence-corrected chi connectivity index (χ4v) is 5.15. The molecule has 0 aromatic heterocycles. The Morgan fingerprint density at radius 1 is 0.750 bits per heavy atom. The molecule has 1 amide bonds. The number of hydrogen-bond donors (Lipinski definition) is 2. The van der Waals surface area contributed by atoms with Crippen molar-refractivity contribution in [2.45, 2.75) is 79.1 Å². The van der Waals surface area contributed by atoms with Crippen molar-refractivity contribution < 1.29 is 18.3 Å². The van der Waals surface area contributed by atoms with Gasteiger partial charge in [-0.15, -0.1) is 0 Å². The number of anilines is 2. The van der Waals surface area contributed by atoms with Gasteiger partial charge < -0.3 is 5.11 Å². The topological polar surface area (TPSA) is 86.7 Å². The largest absolute Gasteiger partial charge is 0.464 e. The number of rotatable bonds is 8. The summed E-state index contributed by atoms with van der Waals surface area (Å²) in [6.45, 7) is 15.6. The van der Waals surface area contributed by atoms with Crippen molar-refractivity contribution in [3.8, 4) is 0 Å². The summed E-state index contributed by atoms with van der Waals surface area (Å²) in [5.41, 5.74) is 3.66. The monoisotopic (exact) mass is 460 g/mol. The fraction of sp³-hybridized carbons (Fsp3) is 0.480. The number of amides is 1. The van der Waals surface area contributed by atoms with Gasteiger partial charge in [0.1, 0.15) is 0 Å². The maximum atomic E-state index is 13.7. The van der Waals surface area contributed by atoms with Gasteiger partial charge in [0, 0.05) is 0 Å². The molecule has 0 aliphatic carbocycles. The minimum atomic E-state index is -4.47. The number of nitrogens with zero attached hydrogens (tertiary/aromatic N) is 1. The summed E-state index contributed by atoms with van der Waals surface area (Å²) in [6.07, 6.45) is -1.54. The Morgan fingerprint density at radius 3 is 1.41 bits per heavy atom. The van der Waals surface area contributed by atoms with Crippen LogP contribution in [-0.4, -0.2) is 19.6 Å². The minimum Gasteiger partial charge on any atom is -0.464 e. The highest BCUT2D eigenvalue weighted by Gasteiger charge is 2.35. The van der Waals surface area contributed by atoms with Crippen LogP contribution in [0.15, 0.2) is 36.4 Å². The van der Waals surface area contributed by atoms with Crippen molar-refractivity contribution >= 4 is 27.7 Å². The van der Waals surface area contributed by atoms with Crippen LogP contribution in [0.25, 0.3) is 0 Å². The number of nitrogens with one attached hydrogen (secondary N) is 1. The first kappa shape index (κ1) is 25.7. The van der Waals surface area contributed by atoms with E-state index >= 15 is 0 Å². The molecule has 0 radical (unpaired) electrons. The molecule has 0 atom stereocenters. The van der Waals surface area contributed by atoms with Gasteiger partial charge in [-0.1, -0.05) is 91.8 Å². The molecule has 2 N–H and O–H groups in total. The zero-order valence-electron chi connectivity index (χ0n) is 20.3. The van der Waals surface area contributed by atoms with Crippen molar-refractivity contribution in [1.82, 2.24) is 0 Å². The van der Waals surface area contributed by atoms with Crippen LogP contribution < -0.4 is 9.03 Å². The summed E-state index contributed by atoms with van der Waals surface area (Å²) in [4.78, 5) is 12.4. The van der Waals surface area contributed by atoms with Crippen LogP contribution in [0.4, 0.5) is 16.2 Å². The highest BCUT2D eigenvalue weighted by molar-refractivity contribution is 7.94. The van der Waals surface area contributed by atoms with E-state index in [9.17, 15) is 18.3 Å². The molecule has 0 heterocycles. The quantitative estimate of drug-likeness (QED) is 0.443. The molecule has 0 aliphatic heterocycles. The van der Waals surface area contributed by atoms with Crippen LogP contribution in [0.1, 0.15) is 101 Å². The van der Waals surface area contributed by atoms with E-state index in [0.717, 1.165) is 11.1 Å². The Kier molecular flexibility index (Phi) is 7.99. The van der Waals surface area contributed by atoms with Crippen molar-refractivity contribution in [2.75, 3.05) is 9.03 Å². The van der Waals surface area contributed by atoms with Gasteiger partial charge in [-0.25, -0.2) is 4.79 Å². The van der Waals surface area contributed by atoms with E-state index < -0.39 is 16.3 Å². The highest BCUT2D eigenvalue weighted by atomic mass is 32.2. The molecule has 0 saturated carbocycles. The molecule has 0 fully saturated rings. The van der Waals surface area contributed by atoms with E-state index in [1.165, 1.54) is 0 Å². The fourth-order valence-electron chi connectivity index (χ4n) is 3.91. The third-order valence-electron chi connectivity index (χ3n) is 5.56. The minimum absolute atomic E-state index is 0.0545. The first-order valence-electron chi connectivity index (χ1n) is 11.1. The van der Waals surface area contributed by atoms with Crippen LogP contribution in [0.3, 0.4) is 0 Å². The van der Waals surface area contributed by atoms with Crippen molar-refractivity contribution in [2.24, 2.45) is 0 Å². The van der Waals surface area contributed by atoms with Crippen LogP contribution in [-0.2, 0) is 10.2 Å². The number of carboxylic acid groups (broad SMARTS) is 1. The van der Waals surface area contributed by atoms with Crippen LogP contribution in [0.2, 0.25) is 0 Å². The van der Waals surface area contributed by atoms with Crippen LogP contribution in [0.5, 0.6) is 0 Å². The maximum Gasteiger partial charge on any atom is 0.427 e. The van der Waals surface area contributed by atoms with E-state index in [1.54, 1.807) is 12.1 Å². The molecule has 2 rings (SSSR count). The summed E-state index contributed by atoms with van der Waals surface area (Å²) in [7, 11) is -4.47. The molecule has 2 aromatic carbocycles. The second kappa shape index (κ2) is 9.94. The average Bonchev–Trinajstić information content (AvgIpc) is 2.66. The van der Waals surface area contributed by atoms with Gasteiger partial charge in [-0.3, -0.25) is 4.72 Å². The zero-order chi connectivity index (χ0) is 24.4. The Balaban J connectivity index is 2.78. The Hall–Kier alpha value is -2.54. The number of benzene rings is 2. The summed E-state index contributed by atoms with van der Waals surface area (Å²) >= 11 is 0. The molecule has 0 bridgehead atoms. The molecule has 0 spiro atoms. The molecule has 2 aromatic rings. The molecule has 0 unspecified atom stereocenters. The van der Waals surface area contributed by atoms with E-state index in [2.05, 4.69) is 4.72 Å². The Labute approximate surface area is 192 Å². The summed E-state index contributed by atoms with van der Waals surface area (Å²) < 4.78 is 30.5. The SMILES string of the molecule is CC(C)c1cccc(C(C)C)c1NS(=O)(=O)N(C(=O)O)c1c(C(C)C)cccc1C(C)C. The van der Waals surface area contributed by atoms with Gasteiger partial charge in [0.2, 0.25) is 0 Å². The van der Waals surface area contributed by atoms with E-state index in [0.29, 0.717) is 21.1 Å². The lowest BCUT2D eigenvalue weighted by Crippen LogP contribution is -2.41. The smallest absolute Gasteiger partial charge is 0.427 e. The van der Waals surface area contributed by atoms with E-state index in [-0.39, 0.29) is 29.4 Å². The normalized spacial score (nSPS) is 12.1. The third-order valence-corrected chi connectivity index (χ3v) is 6.85. The Morgan fingerprint density at radius 2 is 1.09 bits per heavy atom.